The van der Waals surface area contributed by atoms with Crippen molar-refractivity contribution in [2.75, 3.05) is 7.11 Å². The van der Waals surface area contributed by atoms with Gasteiger partial charge in [0.15, 0.2) is 0 Å². The molecule has 0 saturated heterocycles. The number of methoxy groups -OCH3 is 1. The van der Waals surface area contributed by atoms with Gasteiger partial charge in [-0.3, -0.25) is 9.59 Å². The lowest BCUT2D eigenvalue weighted by molar-refractivity contribution is -0.152. The van der Waals surface area contributed by atoms with E-state index in [2.05, 4.69) is 0 Å². The second-order valence-electron chi connectivity index (χ2n) is 4.08. The molecule has 0 heterocycles. The highest BCUT2D eigenvalue weighted by Gasteiger charge is 2.41. The van der Waals surface area contributed by atoms with Crippen LogP contribution in [-0.4, -0.2) is 19.0 Å². The lowest BCUT2D eigenvalue weighted by Gasteiger charge is -2.32. The monoisotopic (exact) mass is 211 g/mol. The van der Waals surface area contributed by atoms with Gasteiger partial charge in [0, 0.05) is 0 Å². The molecule has 0 saturated carbocycles. The van der Waals surface area contributed by atoms with Crippen molar-refractivity contribution in [2.45, 2.75) is 13.8 Å². The van der Waals surface area contributed by atoms with Crippen molar-refractivity contribution in [2.24, 2.45) is 29.4 Å². The summed E-state index contributed by atoms with van der Waals surface area (Å²) in [7, 11) is 1.33. The van der Waals surface area contributed by atoms with Gasteiger partial charge < -0.3 is 10.5 Å². The van der Waals surface area contributed by atoms with Crippen LogP contribution in [0.2, 0.25) is 0 Å². The number of carbonyl (C=O) groups excluding carboxylic acids is 2. The smallest absolute Gasteiger partial charge is 0.310 e. The van der Waals surface area contributed by atoms with Crippen LogP contribution in [0.5, 0.6) is 0 Å². The molecule has 0 aromatic heterocycles. The van der Waals surface area contributed by atoms with Gasteiger partial charge in [0.1, 0.15) is 0 Å². The molecule has 0 aromatic rings. The first-order valence-electron chi connectivity index (χ1n) is 5.04. The maximum atomic E-state index is 11.6. The van der Waals surface area contributed by atoms with Gasteiger partial charge in [-0.1, -0.05) is 26.0 Å². The molecule has 2 N–H and O–H groups in total. The summed E-state index contributed by atoms with van der Waals surface area (Å²) >= 11 is 0. The molecule has 1 rings (SSSR count). The van der Waals surface area contributed by atoms with Gasteiger partial charge in [-0.05, 0) is 11.8 Å². The number of primary amides is 1. The third kappa shape index (κ3) is 2.19. The van der Waals surface area contributed by atoms with Gasteiger partial charge >= 0.3 is 5.97 Å². The Morgan fingerprint density at radius 2 is 1.60 bits per heavy atom. The van der Waals surface area contributed by atoms with Gasteiger partial charge in [0.05, 0.1) is 18.9 Å². The van der Waals surface area contributed by atoms with Gasteiger partial charge in [0.25, 0.3) is 0 Å². The summed E-state index contributed by atoms with van der Waals surface area (Å²) in [5, 5.41) is 0. The third-order valence-corrected chi connectivity index (χ3v) is 3.04. The molecule has 0 unspecified atom stereocenters. The van der Waals surface area contributed by atoms with E-state index in [1.807, 2.05) is 26.0 Å². The molecule has 0 aromatic carbocycles. The predicted octanol–water partition coefficient (Wildman–Crippen LogP) is 0.719. The summed E-state index contributed by atoms with van der Waals surface area (Å²) < 4.78 is 4.71. The Morgan fingerprint density at radius 3 is 2.00 bits per heavy atom. The summed E-state index contributed by atoms with van der Waals surface area (Å²) in [6.45, 7) is 3.77. The topological polar surface area (TPSA) is 69.4 Å². The van der Waals surface area contributed by atoms with E-state index < -0.39 is 17.7 Å². The minimum atomic E-state index is -0.461. The highest BCUT2D eigenvalue weighted by molar-refractivity contribution is 5.85. The minimum Gasteiger partial charge on any atom is -0.469 e. The highest BCUT2D eigenvalue weighted by atomic mass is 16.5. The standard InChI is InChI=1S/C11H17NO3/c1-6-4-5-7(2)9(11(14)15-3)8(6)10(12)13/h4-9H,1-3H3,(H2,12,13)/t6-,7+,8-,9+/m0/s1. The van der Waals surface area contributed by atoms with Crippen LogP contribution in [-0.2, 0) is 14.3 Å². The summed E-state index contributed by atoms with van der Waals surface area (Å²) in [6.07, 6.45) is 3.87. The molecule has 0 bridgehead atoms. The largest absolute Gasteiger partial charge is 0.469 e. The van der Waals surface area contributed by atoms with Crippen LogP contribution in [0.3, 0.4) is 0 Å². The Labute approximate surface area is 89.5 Å². The molecule has 0 radical (unpaired) electrons. The maximum absolute atomic E-state index is 11.6. The van der Waals surface area contributed by atoms with Crippen molar-refractivity contribution < 1.29 is 14.3 Å². The first-order chi connectivity index (χ1) is 6.99. The van der Waals surface area contributed by atoms with E-state index in [1.54, 1.807) is 0 Å². The van der Waals surface area contributed by atoms with Crippen molar-refractivity contribution >= 4 is 11.9 Å². The summed E-state index contributed by atoms with van der Waals surface area (Å²) in [4.78, 5) is 22.9. The fourth-order valence-electron chi connectivity index (χ4n) is 2.18. The fourth-order valence-corrected chi connectivity index (χ4v) is 2.18. The molecule has 4 heteroatoms. The van der Waals surface area contributed by atoms with E-state index in [1.165, 1.54) is 7.11 Å². The molecule has 4 atom stereocenters. The van der Waals surface area contributed by atoms with Crippen LogP contribution in [0.4, 0.5) is 0 Å². The summed E-state index contributed by atoms with van der Waals surface area (Å²) in [5.74, 6) is -1.73. The molecular formula is C11H17NO3. The lowest BCUT2D eigenvalue weighted by atomic mass is 9.71. The molecule has 1 aliphatic rings. The minimum absolute atomic E-state index is 0.00819. The Hall–Kier alpha value is -1.32. The molecule has 4 nitrogen and oxygen atoms in total. The van der Waals surface area contributed by atoms with Crippen molar-refractivity contribution in [1.82, 2.24) is 0 Å². The van der Waals surface area contributed by atoms with Gasteiger partial charge in [-0.25, -0.2) is 0 Å². The predicted molar refractivity (Wildman–Crippen MR) is 55.7 cm³/mol. The van der Waals surface area contributed by atoms with E-state index in [9.17, 15) is 9.59 Å². The normalized spacial score (nSPS) is 34.9. The Balaban J connectivity index is 3.01. The van der Waals surface area contributed by atoms with E-state index in [-0.39, 0.29) is 17.8 Å². The van der Waals surface area contributed by atoms with Crippen molar-refractivity contribution in [3.8, 4) is 0 Å². The SMILES string of the molecule is COC(=O)[C@H]1[C@@H](C(N)=O)[C@@H](C)C=C[C@H]1C. The first kappa shape index (κ1) is 11.8. The zero-order valence-electron chi connectivity index (χ0n) is 9.27. The number of hydrogen-bond acceptors (Lipinski definition) is 3. The number of allylic oxidation sites excluding steroid dienone is 2. The molecule has 0 aliphatic heterocycles. The van der Waals surface area contributed by atoms with Crippen molar-refractivity contribution in [3.05, 3.63) is 12.2 Å². The quantitative estimate of drug-likeness (QED) is 0.540. The lowest BCUT2D eigenvalue weighted by Crippen LogP contribution is -2.43. The molecule has 1 amide bonds. The van der Waals surface area contributed by atoms with E-state index in [0.717, 1.165) is 0 Å². The number of esters is 1. The number of hydrogen-bond donors (Lipinski definition) is 1. The third-order valence-electron chi connectivity index (χ3n) is 3.04. The zero-order chi connectivity index (χ0) is 11.6. The number of amides is 1. The fraction of sp³-hybridized carbons (Fsp3) is 0.636. The molecule has 1 aliphatic carbocycles. The number of rotatable bonds is 2. The van der Waals surface area contributed by atoms with E-state index in [0.29, 0.717) is 0 Å². The van der Waals surface area contributed by atoms with E-state index in [4.69, 9.17) is 10.5 Å². The van der Waals surface area contributed by atoms with Gasteiger partial charge in [-0.2, -0.15) is 0 Å². The highest BCUT2D eigenvalue weighted by Crippen LogP contribution is 2.34. The zero-order valence-corrected chi connectivity index (χ0v) is 9.27. The second kappa shape index (κ2) is 4.47. The van der Waals surface area contributed by atoms with Gasteiger partial charge in [0.2, 0.25) is 5.91 Å². The van der Waals surface area contributed by atoms with Crippen LogP contribution in [0.15, 0.2) is 12.2 Å². The maximum Gasteiger partial charge on any atom is 0.310 e. The van der Waals surface area contributed by atoms with Crippen LogP contribution < -0.4 is 5.73 Å². The van der Waals surface area contributed by atoms with Crippen LogP contribution >= 0.6 is 0 Å². The molecule has 0 fully saturated rings. The van der Waals surface area contributed by atoms with E-state index >= 15 is 0 Å². The van der Waals surface area contributed by atoms with Crippen LogP contribution in [0, 0.1) is 23.7 Å². The molecule has 84 valence electrons. The second-order valence-corrected chi connectivity index (χ2v) is 4.08. The Kier molecular flexibility index (Phi) is 3.50. The average Bonchev–Trinajstić information content (AvgIpc) is 2.19. The van der Waals surface area contributed by atoms with Crippen LogP contribution in [0.25, 0.3) is 0 Å². The average molecular weight is 211 g/mol. The molecular weight excluding hydrogens is 194 g/mol. The van der Waals surface area contributed by atoms with Crippen LogP contribution in [0.1, 0.15) is 13.8 Å². The van der Waals surface area contributed by atoms with Crippen molar-refractivity contribution in [1.29, 1.82) is 0 Å². The summed E-state index contributed by atoms with van der Waals surface area (Å²) in [5.41, 5.74) is 5.32. The number of carbonyl (C=O) groups is 2. The molecule has 0 spiro atoms. The molecule has 15 heavy (non-hydrogen) atoms. The first-order valence-corrected chi connectivity index (χ1v) is 5.04. The Bertz CT molecular complexity index is 298. The van der Waals surface area contributed by atoms with Crippen molar-refractivity contribution in [3.63, 3.8) is 0 Å². The van der Waals surface area contributed by atoms with Gasteiger partial charge in [-0.15, -0.1) is 0 Å². The number of ether oxygens (including phenoxy) is 1. The summed E-state index contributed by atoms with van der Waals surface area (Å²) in [6, 6.07) is 0. The Morgan fingerprint density at radius 1 is 1.13 bits per heavy atom. The number of nitrogens with two attached hydrogens (primary N) is 1.